The van der Waals surface area contributed by atoms with Gasteiger partial charge in [0.15, 0.2) is 0 Å². The van der Waals surface area contributed by atoms with E-state index in [1.54, 1.807) is 37.3 Å². The molecule has 1 aliphatic heterocycles. The molecule has 3 rings (SSSR count). The number of rotatable bonds is 7. The van der Waals surface area contributed by atoms with E-state index in [4.69, 9.17) is 0 Å². The number of hydrogen-bond acceptors (Lipinski definition) is 6. The van der Waals surface area contributed by atoms with Crippen LogP contribution in [0, 0.1) is 16.0 Å². The normalized spacial score (nSPS) is 15.3. The second-order valence-corrected chi connectivity index (χ2v) is 8.89. The van der Waals surface area contributed by atoms with Gasteiger partial charge >= 0.3 is 0 Å². The first kappa shape index (κ1) is 21.1. The van der Waals surface area contributed by atoms with Crippen LogP contribution in [0.15, 0.2) is 53.4 Å². The standard InChI is InChI=1S/C20H25N3O5S/c1-2-22(17-6-4-3-5-7-17)29(27,28)18-8-9-19(20(14-18)23(25)26)21-12-10-16(15-24)11-13-21/h3-9,14,16,24H,2,10-13,15H2,1H3. The molecule has 1 aliphatic rings. The lowest BCUT2D eigenvalue weighted by Gasteiger charge is -2.32. The topological polar surface area (TPSA) is 104 Å². The molecule has 1 heterocycles. The van der Waals surface area contributed by atoms with Gasteiger partial charge in [-0.3, -0.25) is 14.4 Å². The van der Waals surface area contributed by atoms with Crippen molar-refractivity contribution in [1.29, 1.82) is 0 Å². The molecule has 0 radical (unpaired) electrons. The summed E-state index contributed by atoms with van der Waals surface area (Å²) in [7, 11) is -3.94. The van der Waals surface area contributed by atoms with E-state index >= 15 is 0 Å². The minimum absolute atomic E-state index is 0.108. The molecule has 1 N–H and O–H groups in total. The molecule has 9 heteroatoms. The van der Waals surface area contributed by atoms with Crippen molar-refractivity contribution < 1.29 is 18.4 Å². The fourth-order valence-corrected chi connectivity index (χ4v) is 5.14. The maximum atomic E-state index is 13.2. The Bertz CT molecular complexity index is 957. The van der Waals surface area contributed by atoms with Gasteiger partial charge in [0, 0.05) is 32.3 Å². The molecule has 1 saturated heterocycles. The largest absolute Gasteiger partial charge is 0.396 e. The Morgan fingerprint density at radius 1 is 1.17 bits per heavy atom. The lowest BCUT2D eigenvalue weighted by Crippen LogP contribution is -2.35. The van der Waals surface area contributed by atoms with Gasteiger partial charge in [0.05, 0.1) is 15.5 Å². The highest BCUT2D eigenvalue weighted by molar-refractivity contribution is 7.92. The van der Waals surface area contributed by atoms with Gasteiger partial charge in [-0.25, -0.2) is 8.42 Å². The van der Waals surface area contributed by atoms with E-state index in [-0.39, 0.29) is 29.7 Å². The van der Waals surface area contributed by atoms with E-state index in [1.165, 1.54) is 16.4 Å². The average Bonchev–Trinajstić information content (AvgIpc) is 2.74. The zero-order valence-electron chi connectivity index (χ0n) is 16.3. The molecule has 8 nitrogen and oxygen atoms in total. The fraction of sp³-hybridized carbons (Fsp3) is 0.400. The average molecular weight is 420 g/mol. The number of nitrogens with zero attached hydrogens (tertiary/aromatic N) is 3. The number of para-hydroxylation sites is 1. The molecule has 0 aliphatic carbocycles. The van der Waals surface area contributed by atoms with E-state index in [9.17, 15) is 23.6 Å². The predicted octanol–water partition coefficient (Wildman–Crippen LogP) is 3.02. The van der Waals surface area contributed by atoms with Crippen LogP contribution in [0.25, 0.3) is 0 Å². The lowest BCUT2D eigenvalue weighted by molar-refractivity contribution is -0.384. The summed E-state index contributed by atoms with van der Waals surface area (Å²) < 4.78 is 27.6. The molecule has 156 valence electrons. The summed E-state index contributed by atoms with van der Waals surface area (Å²) in [5, 5.41) is 21.0. The van der Waals surface area contributed by atoms with E-state index in [2.05, 4.69) is 0 Å². The van der Waals surface area contributed by atoms with Crippen molar-refractivity contribution in [2.45, 2.75) is 24.7 Å². The molecule has 0 unspecified atom stereocenters. The maximum absolute atomic E-state index is 13.2. The van der Waals surface area contributed by atoms with Crippen LogP contribution in [-0.2, 0) is 10.0 Å². The first-order valence-electron chi connectivity index (χ1n) is 9.60. The van der Waals surface area contributed by atoms with Crippen LogP contribution in [0.3, 0.4) is 0 Å². The Morgan fingerprint density at radius 2 is 1.83 bits per heavy atom. The van der Waals surface area contributed by atoms with Crippen molar-refractivity contribution in [3.05, 3.63) is 58.6 Å². The van der Waals surface area contributed by atoms with Gasteiger partial charge in [-0.15, -0.1) is 0 Å². The van der Waals surface area contributed by atoms with Crippen molar-refractivity contribution in [3.8, 4) is 0 Å². The molecule has 2 aromatic rings. The number of aliphatic hydroxyl groups excluding tert-OH is 1. The van der Waals surface area contributed by atoms with Crippen LogP contribution in [0.5, 0.6) is 0 Å². The Hall–Kier alpha value is -2.65. The molecule has 1 fully saturated rings. The van der Waals surface area contributed by atoms with Gasteiger partial charge in [0.1, 0.15) is 5.69 Å². The van der Waals surface area contributed by atoms with Gasteiger partial charge < -0.3 is 10.0 Å². The van der Waals surface area contributed by atoms with Crippen LogP contribution in [0.1, 0.15) is 19.8 Å². The summed E-state index contributed by atoms with van der Waals surface area (Å²) in [6.07, 6.45) is 1.48. The molecular weight excluding hydrogens is 394 g/mol. The second-order valence-electron chi connectivity index (χ2n) is 7.03. The lowest BCUT2D eigenvalue weighted by atomic mass is 9.97. The van der Waals surface area contributed by atoms with Crippen LogP contribution < -0.4 is 9.21 Å². The van der Waals surface area contributed by atoms with Crippen LogP contribution in [0.2, 0.25) is 0 Å². The summed E-state index contributed by atoms with van der Waals surface area (Å²) in [6, 6.07) is 12.8. The predicted molar refractivity (Wildman–Crippen MR) is 112 cm³/mol. The molecule has 2 aromatic carbocycles. The van der Waals surface area contributed by atoms with Gasteiger partial charge in [0.2, 0.25) is 0 Å². The minimum atomic E-state index is -3.94. The van der Waals surface area contributed by atoms with Crippen LogP contribution in [0.4, 0.5) is 17.1 Å². The third kappa shape index (κ3) is 4.35. The number of benzene rings is 2. The molecule has 29 heavy (non-hydrogen) atoms. The summed E-state index contributed by atoms with van der Waals surface area (Å²) in [5.41, 5.74) is 0.693. The van der Waals surface area contributed by atoms with Crippen molar-refractivity contribution in [3.63, 3.8) is 0 Å². The van der Waals surface area contributed by atoms with E-state index in [0.717, 1.165) is 18.9 Å². The number of hydrogen-bond donors (Lipinski definition) is 1. The molecule has 0 saturated carbocycles. The van der Waals surface area contributed by atoms with Crippen molar-refractivity contribution in [1.82, 2.24) is 0 Å². The molecular formula is C20H25N3O5S. The number of aliphatic hydroxyl groups is 1. The van der Waals surface area contributed by atoms with Crippen molar-refractivity contribution in [2.24, 2.45) is 5.92 Å². The number of piperidine rings is 1. The quantitative estimate of drug-likeness (QED) is 0.546. The zero-order chi connectivity index (χ0) is 21.0. The molecule has 0 spiro atoms. The Morgan fingerprint density at radius 3 is 2.38 bits per heavy atom. The first-order chi connectivity index (χ1) is 13.9. The van der Waals surface area contributed by atoms with E-state index in [0.29, 0.717) is 24.5 Å². The molecule has 0 amide bonds. The summed E-state index contributed by atoms with van der Waals surface area (Å²) in [5.74, 6) is 0.203. The molecule has 0 atom stereocenters. The smallest absolute Gasteiger partial charge is 0.293 e. The van der Waals surface area contributed by atoms with Gasteiger partial charge in [-0.1, -0.05) is 18.2 Å². The highest BCUT2D eigenvalue weighted by atomic mass is 32.2. The number of nitro benzene ring substituents is 1. The second kappa shape index (κ2) is 8.79. The van der Waals surface area contributed by atoms with Crippen LogP contribution >= 0.6 is 0 Å². The zero-order valence-corrected chi connectivity index (χ0v) is 17.1. The van der Waals surface area contributed by atoms with E-state index < -0.39 is 14.9 Å². The van der Waals surface area contributed by atoms with Gasteiger partial charge in [-0.2, -0.15) is 0 Å². The highest BCUT2D eigenvalue weighted by Crippen LogP contribution is 2.35. The third-order valence-electron chi connectivity index (χ3n) is 5.28. The third-order valence-corrected chi connectivity index (χ3v) is 7.18. The Labute approximate surface area is 170 Å². The van der Waals surface area contributed by atoms with E-state index in [1.807, 2.05) is 4.90 Å². The summed E-state index contributed by atoms with van der Waals surface area (Å²) in [6.45, 7) is 3.21. The number of nitro groups is 1. The molecule has 0 aromatic heterocycles. The molecule has 0 bridgehead atoms. The fourth-order valence-electron chi connectivity index (χ4n) is 3.65. The maximum Gasteiger partial charge on any atom is 0.293 e. The Kier molecular flexibility index (Phi) is 6.39. The summed E-state index contributed by atoms with van der Waals surface area (Å²) >= 11 is 0. The Balaban J connectivity index is 1.96. The first-order valence-corrected chi connectivity index (χ1v) is 11.0. The number of anilines is 2. The van der Waals surface area contributed by atoms with Crippen molar-refractivity contribution in [2.75, 3.05) is 35.4 Å². The SMILES string of the molecule is CCN(c1ccccc1)S(=O)(=O)c1ccc(N2CCC(CO)CC2)c([N+](=O)[O-])c1. The summed E-state index contributed by atoms with van der Waals surface area (Å²) in [4.78, 5) is 12.9. The highest BCUT2D eigenvalue weighted by Gasteiger charge is 2.29. The van der Waals surface area contributed by atoms with Crippen LogP contribution in [-0.4, -0.2) is 44.7 Å². The van der Waals surface area contributed by atoms with Gasteiger partial charge in [0.25, 0.3) is 15.7 Å². The monoisotopic (exact) mass is 419 g/mol. The van der Waals surface area contributed by atoms with Crippen molar-refractivity contribution >= 4 is 27.1 Å². The number of sulfonamides is 1. The van der Waals surface area contributed by atoms with Gasteiger partial charge in [-0.05, 0) is 49.9 Å². The minimum Gasteiger partial charge on any atom is -0.396 e.